The molecule has 0 saturated heterocycles. The molecule has 0 aliphatic carbocycles. The van der Waals surface area contributed by atoms with Gasteiger partial charge >= 0.3 is 0 Å². The van der Waals surface area contributed by atoms with Crippen molar-refractivity contribution in [3.05, 3.63) is 29.3 Å². The van der Waals surface area contributed by atoms with Crippen LogP contribution in [0.5, 0.6) is 5.75 Å². The summed E-state index contributed by atoms with van der Waals surface area (Å²) >= 11 is 5.02. The van der Waals surface area contributed by atoms with Gasteiger partial charge in [-0.2, -0.15) is 0 Å². The normalized spacial score (nSPS) is 10.7. The zero-order valence-electron chi connectivity index (χ0n) is 12.1. The van der Waals surface area contributed by atoms with E-state index in [1.807, 2.05) is 12.1 Å². The van der Waals surface area contributed by atoms with Gasteiger partial charge in [0.25, 0.3) is 0 Å². The first-order valence-corrected chi connectivity index (χ1v) is 7.22. The molecule has 0 bridgehead atoms. The molecular weight excluding hydrogens is 256 g/mol. The van der Waals surface area contributed by atoms with Crippen molar-refractivity contribution in [2.75, 3.05) is 20.2 Å². The van der Waals surface area contributed by atoms with Crippen molar-refractivity contribution in [2.45, 2.75) is 33.2 Å². The number of methoxy groups -OCH3 is 1. The van der Waals surface area contributed by atoms with Crippen molar-refractivity contribution in [1.82, 2.24) is 4.90 Å². The van der Waals surface area contributed by atoms with E-state index in [9.17, 15) is 0 Å². The lowest BCUT2D eigenvalue weighted by Gasteiger charge is -2.21. The van der Waals surface area contributed by atoms with E-state index < -0.39 is 0 Å². The molecule has 0 aliphatic rings. The summed E-state index contributed by atoms with van der Waals surface area (Å²) in [6, 6.07) is 6.06. The van der Waals surface area contributed by atoms with Crippen LogP contribution < -0.4 is 10.5 Å². The molecule has 0 unspecified atom stereocenters. The molecule has 19 heavy (non-hydrogen) atoms. The second-order valence-corrected chi connectivity index (χ2v) is 5.11. The first kappa shape index (κ1) is 15.9. The van der Waals surface area contributed by atoms with Gasteiger partial charge in [0.15, 0.2) is 0 Å². The fourth-order valence-corrected chi connectivity index (χ4v) is 2.37. The van der Waals surface area contributed by atoms with Crippen molar-refractivity contribution < 1.29 is 4.74 Å². The molecule has 0 aromatic heterocycles. The number of nitrogens with two attached hydrogens (primary N) is 1. The highest BCUT2D eigenvalue weighted by molar-refractivity contribution is 7.80. The van der Waals surface area contributed by atoms with Crippen LogP contribution in [0, 0.1) is 0 Å². The molecule has 2 N–H and O–H groups in total. The van der Waals surface area contributed by atoms with Crippen LogP contribution in [0.15, 0.2) is 18.2 Å². The Labute approximate surface area is 121 Å². The molecule has 0 fully saturated rings. The maximum atomic E-state index is 5.68. The molecule has 0 atom stereocenters. The Balaban J connectivity index is 2.86. The number of nitrogens with zero attached hydrogens (tertiary/aromatic N) is 1. The van der Waals surface area contributed by atoms with Crippen LogP contribution >= 0.6 is 12.2 Å². The van der Waals surface area contributed by atoms with Crippen LogP contribution in [0.25, 0.3) is 0 Å². The number of thiocarbonyl (C=S) groups is 1. The summed E-state index contributed by atoms with van der Waals surface area (Å²) in [6.45, 7) is 7.59. The van der Waals surface area contributed by atoms with E-state index in [0.29, 0.717) is 4.99 Å². The molecular formula is C15H24N2OS. The monoisotopic (exact) mass is 280 g/mol. The van der Waals surface area contributed by atoms with Crippen LogP contribution in [0.2, 0.25) is 0 Å². The van der Waals surface area contributed by atoms with Crippen molar-refractivity contribution >= 4 is 17.2 Å². The van der Waals surface area contributed by atoms with E-state index in [1.54, 1.807) is 7.11 Å². The number of rotatable bonds is 8. The van der Waals surface area contributed by atoms with Gasteiger partial charge in [-0.05, 0) is 43.6 Å². The van der Waals surface area contributed by atoms with Gasteiger partial charge in [-0.15, -0.1) is 0 Å². The smallest absolute Gasteiger partial charge is 0.129 e. The minimum Gasteiger partial charge on any atom is -0.496 e. The fraction of sp³-hybridized carbons (Fsp3) is 0.533. The van der Waals surface area contributed by atoms with Gasteiger partial charge in [0.05, 0.1) is 12.7 Å². The summed E-state index contributed by atoms with van der Waals surface area (Å²) in [5.74, 6) is 0.762. The summed E-state index contributed by atoms with van der Waals surface area (Å²) in [4.78, 5) is 2.83. The Bertz CT molecular complexity index is 415. The van der Waals surface area contributed by atoms with Gasteiger partial charge in [0.1, 0.15) is 10.7 Å². The lowest BCUT2D eigenvalue weighted by atomic mass is 10.1. The maximum Gasteiger partial charge on any atom is 0.129 e. The van der Waals surface area contributed by atoms with Gasteiger partial charge in [-0.3, -0.25) is 4.90 Å². The third-order valence-corrected chi connectivity index (χ3v) is 3.24. The van der Waals surface area contributed by atoms with Crippen LogP contribution in [-0.2, 0) is 6.54 Å². The first-order chi connectivity index (χ1) is 9.12. The Morgan fingerprint density at radius 2 is 1.89 bits per heavy atom. The van der Waals surface area contributed by atoms with Gasteiger partial charge in [0.2, 0.25) is 0 Å². The van der Waals surface area contributed by atoms with E-state index in [0.717, 1.165) is 30.9 Å². The second kappa shape index (κ2) is 8.12. The molecule has 0 saturated carbocycles. The molecule has 0 aliphatic heterocycles. The van der Waals surface area contributed by atoms with Gasteiger partial charge < -0.3 is 10.5 Å². The lowest BCUT2D eigenvalue weighted by molar-refractivity contribution is 0.266. The van der Waals surface area contributed by atoms with E-state index >= 15 is 0 Å². The number of ether oxygens (including phenoxy) is 1. The molecule has 4 heteroatoms. The van der Waals surface area contributed by atoms with Gasteiger partial charge in [0, 0.05) is 6.54 Å². The summed E-state index contributed by atoms with van der Waals surface area (Å²) in [5.41, 5.74) is 7.72. The topological polar surface area (TPSA) is 38.5 Å². The van der Waals surface area contributed by atoms with Crippen LogP contribution in [0.4, 0.5) is 0 Å². The van der Waals surface area contributed by atoms with Crippen LogP contribution in [0.1, 0.15) is 37.8 Å². The standard InChI is InChI=1S/C15H24N2OS/c1-4-8-17(9-5-2)11-12-6-7-13(15(16)19)14(10-12)18-3/h6-7,10H,4-5,8-9,11H2,1-3H3,(H2,16,19). The predicted octanol–water partition coefficient (Wildman–Crippen LogP) is 2.95. The Kier molecular flexibility index (Phi) is 6.81. The molecule has 1 aromatic rings. The summed E-state index contributed by atoms with van der Waals surface area (Å²) in [5, 5.41) is 0. The quantitative estimate of drug-likeness (QED) is 0.743. The highest BCUT2D eigenvalue weighted by atomic mass is 32.1. The van der Waals surface area contributed by atoms with Crippen molar-refractivity contribution in [1.29, 1.82) is 0 Å². The fourth-order valence-electron chi connectivity index (χ4n) is 2.20. The van der Waals surface area contributed by atoms with Crippen molar-refractivity contribution in [2.24, 2.45) is 5.73 Å². The first-order valence-electron chi connectivity index (χ1n) is 6.81. The molecule has 0 amide bonds. The number of hydrogen-bond donors (Lipinski definition) is 1. The summed E-state index contributed by atoms with van der Waals surface area (Å²) < 4.78 is 5.36. The number of benzene rings is 1. The largest absolute Gasteiger partial charge is 0.496 e. The molecule has 3 nitrogen and oxygen atoms in total. The van der Waals surface area contributed by atoms with Gasteiger partial charge in [-0.1, -0.05) is 32.1 Å². The summed E-state index contributed by atoms with van der Waals surface area (Å²) in [7, 11) is 1.65. The zero-order valence-corrected chi connectivity index (χ0v) is 12.9. The highest BCUT2D eigenvalue weighted by Gasteiger charge is 2.09. The predicted molar refractivity (Wildman–Crippen MR) is 84.7 cm³/mol. The molecule has 0 spiro atoms. The third-order valence-electron chi connectivity index (χ3n) is 3.02. The molecule has 1 aromatic carbocycles. The molecule has 106 valence electrons. The van der Waals surface area contributed by atoms with E-state index in [-0.39, 0.29) is 0 Å². The van der Waals surface area contributed by atoms with Gasteiger partial charge in [-0.25, -0.2) is 0 Å². The summed E-state index contributed by atoms with van der Waals surface area (Å²) in [6.07, 6.45) is 2.34. The van der Waals surface area contributed by atoms with Crippen molar-refractivity contribution in [3.8, 4) is 5.75 Å². The number of hydrogen-bond acceptors (Lipinski definition) is 3. The highest BCUT2D eigenvalue weighted by Crippen LogP contribution is 2.21. The molecule has 0 heterocycles. The van der Waals surface area contributed by atoms with Crippen LogP contribution in [-0.4, -0.2) is 30.1 Å². The Morgan fingerprint density at radius 3 is 2.37 bits per heavy atom. The average Bonchev–Trinajstić information content (AvgIpc) is 2.38. The average molecular weight is 280 g/mol. The molecule has 1 rings (SSSR count). The van der Waals surface area contributed by atoms with E-state index in [1.165, 1.54) is 18.4 Å². The minimum atomic E-state index is 0.377. The second-order valence-electron chi connectivity index (χ2n) is 4.68. The van der Waals surface area contributed by atoms with E-state index in [2.05, 4.69) is 24.8 Å². The SMILES string of the molecule is CCCN(CCC)Cc1ccc(C(N)=S)c(OC)c1. The minimum absolute atomic E-state index is 0.377. The third kappa shape index (κ3) is 4.80. The lowest BCUT2D eigenvalue weighted by Crippen LogP contribution is -2.25. The molecule has 0 radical (unpaired) electrons. The maximum absolute atomic E-state index is 5.68. The van der Waals surface area contributed by atoms with E-state index in [4.69, 9.17) is 22.7 Å². The van der Waals surface area contributed by atoms with Crippen molar-refractivity contribution in [3.63, 3.8) is 0 Å². The Hall–Kier alpha value is -1.13. The van der Waals surface area contributed by atoms with Crippen LogP contribution in [0.3, 0.4) is 0 Å². The zero-order chi connectivity index (χ0) is 14.3. The Morgan fingerprint density at radius 1 is 1.26 bits per heavy atom.